The summed E-state index contributed by atoms with van der Waals surface area (Å²) >= 11 is 0. The molecule has 0 unspecified atom stereocenters. The van der Waals surface area contributed by atoms with Crippen molar-refractivity contribution < 1.29 is 19.4 Å². The minimum Gasteiger partial charge on any atom is -0.505 e. The predicted molar refractivity (Wildman–Crippen MR) is 67.7 cm³/mol. The van der Waals surface area contributed by atoms with Crippen molar-refractivity contribution in [2.45, 2.75) is 0 Å². The highest BCUT2D eigenvalue weighted by atomic mass is 16.5. The normalized spacial score (nSPS) is 10.0. The fourth-order valence-electron chi connectivity index (χ4n) is 1.41. The lowest BCUT2D eigenvalue weighted by molar-refractivity contribution is -0.121. The number of ether oxygens (including phenoxy) is 1. The van der Waals surface area contributed by atoms with Crippen LogP contribution >= 0.6 is 0 Å². The molecule has 7 nitrogen and oxygen atoms in total. The van der Waals surface area contributed by atoms with Gasteiger partial charge in [0.05, 0.1) is 24.9 Å². The summed E-state index contributed by atoms with van der Waals surface area (Å²) in [7, 11) is 3.02. The molecule has 0 bridgehead atoms. The van der Waals surface area contributed by atoms with E-state index in [2.05, 4.69) is 10.3 Å². The van der Waals surface area contributed by atoms with Gasteiger partial charge in [0.1, 0.15) is 5.75 Å². The lowest BCUT2D eigenvalue weighted by Gasteiger charge is -2.17. The average Bonchev–Trinajstić information content (AvgIpc) is 2.38. The molecule has 0 aliphatic rings. The molecule has 1 aromatic heterocycles. The molecule has 0 aliphatic carbocycles. The van der Waals surface area contributed by atoms with Crippen LogP contribution in [0.2, 0.25) is 0 Å². The molecule has 0 atom stereocenters. The first-order chi connectivity index (χ1) is 9.06. The van der Waals surface area contributed by atoms with Gasteiger partial charge in [-0.2, -0.15) is 0 Å². The number of carbonyl (C=O) groups is 2. The molecule has 104 valence electrons. The van der Waals surface area contributed by atoms with Crippen molar-refractivity contribution in [3.63, 3.8) is 0 Å². The topological polar surface area (TPSA) is 91.8 Å². The van der Waals surface area contributed by atoms with Gasteiger partial charge in [-0.25, -0.2) is 0 Å². The molecule has 19 heavy (non-hydrogen) atoms. The second kappa shape index (κ2) is 7.32. The minimum atomic E-state index is -0.443. The van der Waals surface area contributed by atoms with E-state index >= 15 is 0 Å². The molecule has 0 spiro atoms. The van der Waals surface area contributed by atoms with Crippen molar-refractivity contribution in [2.75, 3.05) is 33.9 Å². The second-order valence-electron chi connectivity index (χ2n) is 3.90. The summed E-state index contributed by atoms with van der Waals surface area (Å²) in [6.07, 6.45) is 2.58. The highest BCUT2D eigenvalue weighted by molar-refractivity contribution is 5.98. The molecule has 1 heterocycles. The molecule has 2 amide bonds. The van der Waals surface area contributed by atoms with E-state index < -0.39 is 5.91 Å². The average molecular weight is 267 g/mol. The Labute approximate surface area is 111 Å². The molecular formula is C12H17N3O4. The number of aromatic nitrogens is 1. The summed E-state index contributed by atoms with van der Waals surface area (Å²) < 4.78 is 4.79. The number of likely N-dealkylation sites (N-methyl/N-ethyl adjacent to an activating group) is 1. The van der Waals surface area contributed by atoms with Gasteiger partial charge in [0.2, 0.25) is 5.91 Å². The number of aromatic hydroxyl groups is 1. The van der Waals surface area contributed by atoms with E-state index in [0.717, 1.165) is 0 Å². The van der Waals surface area contributed by atoms with E-state index in [1.165, 1.54) is 37.5 Å². The van der Waals surface area contributed by atoms with Gasteiger partial charge < -0.3 is 20.1 Å². The number of pyridine rings is 1. The van der Waals surface area contributed by atoms with Crippen molar-refractivity contribution in [1.82, 2.24) is 15.2 Å². The summed E-state index contributed by atoms with van der Waals surface area (Å²) in [5, 5.41) is 12.1. The van der Waals surface area contributed by atoms with Crippen LogP contribution < -0.4 is 5.32 Å². The Bertz CT molecular complexity index is 450. The standard InChI is InChI=1S/C12H17N3O4/c1-15(8-11(17)14-5-6-19-2)12(18)9-3-4-13-7-10(9)16/h3-4,7,16H,5-6,8H2,1-2H3,(H,14,17). The first-order valence-electron chi connectivity index (χ1n) is 5.70. The lowest BCUT2D eigenvalue weighted by atomic mass is 10.2. The number of nitrogens with one attached hydrogen (secondary N) is 1. The SMILES string of the molecule is COCCNC(=O)CN(C)C(=O)c1ccncc1O. The second-order valence-corrected chi connectivity index (χ2v) is 3.90. The highest BCUT2D eigenvalue weighted by Crippen LogP contribution is 2.15. The number of methoxy groups -OCH3 is 1. The fraction of sp³-hybridized carbons (Fsp3) is 0.417. The largest absolute Gasteiger partial charge is 0.505 e. The Morgan fingerprint density at radius 1 is 1.53 bits per heavy atom. The van der Waals surface area contributed by atoms with Gasteiger partial charge in [-0.3, -0.25) is 14.6 Å². The number of hydrogen-bond acceptors (Lipinski definition) is 5. The predicted octanol–water partition coefficient (Wildman–Crippen LogP) is -0.378. The zero-order valence-corrected chi connectivity index (χ0v) is 10.9. The Kier molecular flexibility index (Phi) is 5.74. The Hall–Kier alpha value is -2.15. The molecule has 2 N–H and O–H groups in total. The molecule has 0 fully saturated rings. The van der Waals surface area contributed by atoms with Gasteiger partial charge in [-0.05, 0) is 6.07 Å². The molecule has 0 saturated heterocycles. The van der Waals surface area contributed by atoms with Crippen LogP contribution in [0.4, 0.5) is 0 Å². The van der Waals surface area contributed by atoms with Gasteiger partial charge in [0, 0.05) is 26.9 Å². The molecule has 0 aliphatic heterocycles. The molecule has 0 aromatic carbocycles. The third-order valence-corrected chi connectivity index (χ3v) is 2.39. The summed E-state index contributed by atoms with van der Waals surface area (Å²) in [6.45, 7) is 0.705. The number of rotatable bonds is 6. The van der Waals surface area contributed by atoms with Gasteiger partial charge in [0.15, 0.2) is 0 Å². The first kappa shape index (κ1) is 14.9. The third kappa shape index (κ3) is 4.55. The maximum Gasteiger partial charge on any atom is 0.257 e. The fourth-order valence-corrected chi connectivity index (χ4v) is 1.41. The monoisotopic (exact) mass is 267 g/mol. The van der Waals surface area contributed by atoms with E-state index in [1.807, 2.05) is 0 Å². The molecule has 7 heteroatoms. The highest BCUT2D eigenvalue weighted by Gasteiger charge is 2.17. The number of hydrogen-bond donors (Lipinski definition) is 2. The minimum absolute atomic E-state index is 0.0929. The van der Waals surface area contributed by atoms with Crippen LogP contribution in [0, 0.1) is 0 Å². The van der Waals surface area contributed by atoms with Crippen molar-refractivity contribution in [3.05, 3.63) is 24.0 Å². The molecular weight excluding hydrogens is 250 g/mol. The molecule has 1 rings (SSSR count). The third-order valence-electron chi connectivity index (χ3n) is 2.39. The van der Waals surface area contributed by atoms with Crippen molar-refractivity contribution in [1.29, 1.82) is 0 Å². The van der Waals surface area contributed by atoms with Crippen LogP contribution in [-0.4, -0.2) is 60.7 Å². The smallest absolute Gasteiger partial charge is 0.257 e. The van der Waals surface area contributed by atoms with Crippen LogP contribution in [0.3, 0.4) is 0 Å². The van der Waals surface area contributed by atoms with Gasteiger partial charge in [-0.1, -0.05) is 0 Å². The van der Waals surface area contributed by atoms with Gasteiger partial charge >= 0.3 is 0 Å². The maximum absolute atomic E-state index is 12.0. The molecule has 0 saturated carbocycles. The zero-order valence-electron chi connectivity index (χ0n) is 10.9. The Balaban J connectivity index is 2.54. The first-order valence-corrected chi connectivity index (χ1v) is 5.70. The van der Waals surface area contributed by atoms with Gasteiger partial charge in [0.25, 0.3) is 5.91 Å². The molecule has 1 aromatic rings. The van der Waals surface area contributed by atoms with E-state index in [9.17, 15) is 14.7 Å². The number of nitrogens with zero attached hydrogens (tertiary/aromatic N) is 2. The summed E-state index contributed by atoms with van der Waals surface area (Å²) in [5.74, 6) is -0.942. The summed E-state index contributed by atoms with van der Waals surface area (Å²) in [4.78, 5) is 28.4. The zero-order chi connectivity index (χ0) is 14.3. The van der Waals surface area contributed by atoms with Crippen LogP contribution in [0.25, 0.3) is 0 Å². The lowest BCUT2D eigenvalue weighted by Crippen LogP contribution is -2.39. The van der Waals surface area contributed by atoms with E-state index in [0.29, 0.717) is 13.2 Å². The number of amides is 2. The van der Waals surface area contributed by atoms with E-state index in [4.69, 9.17) is 4.74 Å². The van der Waals surface area contributed by atoms with Crippen LogP contribution in [0.5, 0.6) is 5.75 Å². The quantitative estimate of drug-likeness (QED) is 0.686. The van der Waals surface area contributed by atoms with Crippen LogP contribution in [0.15, 0.2) is 18.5 Å². The Morgan fingerprint density at radius 3 is 2.89 bits per heavy atom. The van der Waals surface area contributed by atoms with Crippen molar-refractivity contribution in [3.8, 4) is 5.75 Å². The summed E-state index contributed by atoms with van der Waals surface area (Å²) in [5.41, 5.74) is 0.113. The van der Waals surface area contributed by atoms with Gasteiger partial charge in [-0.15, -0.1) is 0 Å². The van der Waals surface area contributed by atoms with E-state index in [-0.39, 0.29) is 23.8 Å². The van der Waals surface area contributed by atoms with Crippen molar-refractivity contribution in [2.24, 2.45) is 0 Å². The maximum atomic E-state index is 12.0. The van der Waals surface area contributed by atoms with Crippen LogP contribution in [0.1, 0.15) is 10.4 Å². The molecule has 0 radical (unpaired) electrons. The van der Waals surface area contributed by atoms with Crippen molar-refractivity contribution >= 4 is 11.8 Å². The Morgan fingerprint density at radius 2 is 2.26 bits per heavy atom. The van der Waals surface area contributed by atoms with Crippen LogP contribution in [-0.2, 0) is 9.53 Å². The van der Waals surface area contributed by atoms with E-state index in [1.54, 1.807) is 0 Å². The number of carbonyl (C=O) groups excluding carboxylic acids is 2. The summed E-state index contributed by atoms with van der Waals surface area (Å²) in [6, 6.07) is 1.40.